The summed E-state index contributed by atoms with van der Waals surface area (Å²) in [6, 6.07) is 5.82. The summed E-state index contributed by atoms with van der Waals surface area (Å²) >= 11 is 0. The summed E-state index contributed by atoms with van der Waals surface area (Å²) in [5.74, 6) is 0.671. The van der Waals surface area contributed by atoms with Gasteiger partial charge in [-0.25, -0.2) is 9.97 Å². The topological polar surface area (TPSA) is 109 Å². The molecule has 0 saturated carbocycles. The van der Waals surface area contributed by atoms with Gasteiger partial charge in [0.15, 0.2) is 5.65 Å². The lowest BCUT2D eigenvalue weighted by molar-refractivity contribution is -0.119. The molecule has 2 heterocycles. The van der Waals surface area contributed by atoms with Crippen LogP contribution < -0.4 is 15.4 Å². The summed E-state index contributed by atoms with van der Waals surface area (Å²) in [6.45, 7) is 4.11. The molecule has 1 aliphatic carbocycles. The fourth-order valence-electron chi connectivity index (χ4n) is 3.59. The van der Waals surface area contributed by atoms with Crippen LogP contribution in [0.25, 0.3) is 11.2 Å². The first-order chi connectivity index (χ1) is 14.0. The molecule has 4 rings (SSSR count). The minimum atomic E-state index is -0.194. The van der Waals surface area contributed by atoms with Gasteiger partial charge >= 0.3 is 0 Å². The van der Waals surface area contributed by atoms with Crippen LogP contribution in [-0.4, -0.2) is 33.3 Å². The Labute approximate surface area is 168 Å². The molecule has 1 atom stereocenters. The van der Waals surface area contributed by atoms with Gasteiger partial charge < -0.3 is 20.4 Å². The summed E-state index contributed by atoms with van der Waals surface area (Å²) in [5.41, 5.74) is 3.70. The van der Waals surface area contributed by atoms with Crippen molar-refractivity contribution in [2.75, 3.05) is 6.54 Å². The summed E-state index contributed by atoms with van der Waals surface area (Å²) < 4.78 is 5.92. The molecule has 1 aliphatic rings. The van der Waals surface area contributed by atoms with Crippen LogP contribution in [-0.2, 0) is 11.2 Å². The number of nitrogens with zero attached hydrogens (tertiary/aromatic N) is 2. The zero-order chi connectivity index (χ0) is 20.4. The van der Waals surface area contributed by atoms with Crippen molar-refractivity contribution in [3.05, 3.63) is 47.3 Å². The van der Waals surface area contributed by atoms with Crippen LogP contribution in [0, 0.1) is 0 Å². The first kappa shape index (κ1) is 18.9. The molecule has 0 bridgehead atoms. The molecule has 0 radical (unpaired) electrons. The van der Waals surface area contributed by atoms with Gasteiger partial charge in [-0.3, -0.25) is 9.59 Å². The zero-order valence-electron chi connectivity index (χ0n) is 16.4. The number of carbonyl (C=O) groups is 2. The van der Waals surface area contributed by atoms with Crippen molar-refractivity contribution in [3.8, 4) is 11.6 Å². The molecule has 150 valence electrons. The van der Waals surface area contributed by atoms with Crippen LogP contribution in [0.4, 0.5) is 0 Å². The zero-order valence-corrected chi connectivity index (χ0v) is 16.4. The van der Waals surface area contributed by atoms with E-state index >= 15 is 0 Å². The fourth-order valence-corrected chi connectivity index (χ4v) is 3.59. The summed E-state index contributed by atoms with van der Waals surface area (Å²) in [5, 5.41) is 5.82. The van der Waals surface area contributed by atoms with Crippen molar-refractivity contribution < 1.29 is 14.3 Å². The quantitative estimate of drug-likeness (QED) is 0.596. The number of amides is 2. The van der Waals surface area contributed by atoms with Crippen LogP contribution in [0.5, 0.6) is 11.6 Å². The Balaban J connectivity index is 1.58. The Morgan fingerprint density at radius 3 is 3.00 bits per heavy atom. The predicted molar refractivity (Wildman–Crippen MR) is 108 cm³/mol. The molecule has 0 aliphatic heterocycles. The molecule has 3 aromatic rings. The molecule has 0 spiro atoms. The highest BCUT2D eigenvalue weighted by Gasteiger charge is 2.24. The molecule has 8 nitrogen and oxygen atoms in total. The Bertz CT molecular complexity index is 1080. The summed E-state index contributed by atoms with van der Waals surface area (Å²) in [7, 11) is 0. The van der Waals surface area contributed by atoms with E-state index in [-0.39, 0.29) is 17.9 Å². The minimum absolute atomic E-state index is 0.00171. The number of carbonyl (C=O) groups excluding carboxylic acids is 2. The molecular weight excluding hydrogens is 370 g/mol. The predicted octanol–water partition coefficient (Wildman–Crippen LogP) is 3.01. The lowest BCUT2D eigenvalue weighted by atomic mass is 10.1. The second-order valence-electron chi connectivity index (χ2n) is 7.12. The van der Waals surface area contributed by atoms with Crippen LogP contribution in [0.2, 0.25) is 0 Å². The second-order valence-corrected chi connectivity index (χ2v) is 7.12. The second kappa shape index (κ2) is 7.90. The smallest absolute Gasteiger partial charge is 0.255 e. The lowest BCUT2D eigenvalue weighted by Gasteiger charge is -2.13. The van der Waals surface area contributed by atoms with Crippen LogP contribution in [0.1, 0.15) is 54.2 Å². The number of H-pyrrole nitrogens is 1. The third-order valence-corrected chi connectivity index (χ3v) is 4.93. The SMILES string of the molecule is CCCNC(=O)c1c[nH]c2ncc(Oc3ccc4c(c3)[C@@H](NC(C)=O)CC4)nc12. The van der Waals surface area contributed by atoms with Crippen molar-refractivity contribution in [2.24, 2.45) is 0 Å². The number of hydrogen-bond donors (Lipinski definition) is 3. The number of aryl methyl sites for hydroxylation is 1. The maximum Gasteiger partial charge on any atom is 0.255 e. The number of rotatable bonds is 6. The highest BCUT2D eigenvalue weighted by molar-refractivity contribution is 6.04. The maximum atomic E-state index is 12.3. The van der Waals surface area contributed by atoms with E-state index in [1.54, 1.807) is 6.20 Å². The van der Waals surface area contributed by atoms with Gasteiger partial charge in [-0.05, 0) is 42.5 Å². The van der Waals surface area contributed by atoms with E-state index in [1.807, 2.05) is 25.1 Å². The number of fused-ring (bicyclic) bond motifs is 2. The number of nitrogens with one attached hydrogen (secondary N) is 3. The highest BCUT2D eigenvalue weighted by atomic mass is 16.5. The van der Waals surface area contributed by atoms with E-state index in [4.69, 9.17) is 4.74 Å². The number of ether oxygens (including phenoxy) is 1. The van der Waals surface area contributed by atoms with Gasteiger partial charge in [0.25, 0.3) is 5.91 Å². The normalized spacial score (nSPS) is 15.2. The maximum absolute atomic E-state index is 12.3. The number of aromatic amines is 1. The van der Waals surface area contributed by atoms with Crippen molar-refractivity contribution in [1.29, 1.82) is 0 Å². The molecule has 29 heavy (non-hydrogen) atoms. The van der Waals surface area contributed by atoms with E-state index in [2.05, 4.69) is 25.6 Å². The summed E-state index contributed by atoms with van der Waals surface area (Å²) in [4.78, 5) is 35.5. The first-order valence-corrected chi connectivity index (χ1v) is 9.75. The standard InChI is InChI=1S/C21H23N5O3/c1-3-8-22-21(28)16-10-23-20-19(16)26-18(11-24-20)29-14-6-4-13-5-7-17(15(13)9-14)25-12(2)27/h4,6,9-11,17H,3,5,7-8H2,1-2H3,(H,22,28)(H,23,24)(H,25,27)/t17-/m0/s1. The molecule has 1 aromatic carbocycles. The molecule has 2 aromatic heterocycles. The van der Waals surface area contributed by atoms with E-state index in [9.17, 15) is 9.59 Å². The van der Waals surface area contributed by atoms with Crippen molar-refractivity contribution >= 4 is 23.0 Å². The van der Waals surface area contributed by atoms with Crippen LogP contribution in [0.15, 0.2) is 30.6 Å². The first-order valence-electron chi connectivity index (χ1n) is 9.75. The van der Waals surface area contributed by atoms with E-state index in [1.165, 1.54) is 18.7 Å². The average Bonchev–Trinajstić information content (AvgIpc) is 3.29. The highest BCUT2D eigenvalue weighted by Crippen LogP contribution is 2.35. The monoisotopic (exact) mass is 393 g/mol. The number of benzene rings is 1. The Kier molecular flexibility index (Phi) is 5.16. The lowest BCUT2D eigenvalue weighted by Crippen LogP contribution is -2.24. The van der Waals surface area contributed by atoms with E-state index < -0.39 is 0 Å². The Morgan fingerprint density at radius 1 is 1.34 bits per heavy atom. The van der Waals surface area contributed by atoms with Crippen LogP contribution in [0.3, 0.4) is 0 Å². The van der Waals surface area contributed by atoms with Gasteiger partial charge in [0, 0.05) is 19.7 Å². The third kappa shape index (κ3) is 3.91. The van der Waals surface area contributed by atoms with Gasteiger partial charge in [-0.1, -0.05) is 13.0 Å². The average molecular weight is 393 g/mol. The van der Waals surface area contributed by atoms with Gasteiger partial charge in [0.05, 0.1) is 17.8 Å². The van der Waals surface area contributed by atoms with Crippen molar-refractivity contribution in [1.82, 2.24) is 25.6 Å². The molecule has 8 heteroatoms. The molecule has 3 N–H and O–H groups in total. The van der Waals surface area contributed by atoms with Crippen molar-refractivity contribution in [3.63, 3.8) is 0 Å². The van der Waals surface area contributed by atoms with Gasteiger partial charge in [0.2, 0.25) is 11.8 Å². The molecular formula is C21H23N5O3. The van der Waals surface area contributed by atoms with Crippen LogP contribution >= 0.6 is 0 Å². The van der Waals surface area contributed by atoms with Gasteiger partial charge in [0.1, 0.15) is 11.3 Å². The van der Waals surface area contributed by atoms with Gasteiger partial charge in [-0.2, -0.15) is 0 Å². The molecule has 0 unspecified atom stereocenters. The third-order valence-electron chi connectivity index (χ3n) is 4.93. The number of hydrogen-bond acceptors (Lipinski definition) is 5. The summed E-state index contributed by atoms with van der Waals surface area (Å²) in [6.07, 6.45) is 5.78. The molecule has 0 fully saturated rings. The Hall–Kier alpha value is -3.42. The molecule has 0 saturated heterocycles. The minimum Gasteiger partial charge on any atom is -0.437 e. The largest absolute Gasteiger partial charge is 0.437 e. The van der Waals surface area contributed by atoms with E-state index in [0.717, 1.165) is 24.8 Å². The van der Waals surface area contributed by atoms with E-state index in [0.29, 0.717) is 34.9 Å². The Morgan fingerprint density at radius 2 is 2.21 bits per heavy atom. The van der Waals surface area contributed by atoms with Crippen molar-refractivity contribution in [2.45, 2.75) is 39.2 Å². The number of aromatic nitrogens is 3. The fraction of sp³-hybridized carbons (Fsp3) is 0.333. The molecule has 2 amide bonds. The van der Waals surface area contributed by atoms with Gasteiger partial charge in [-0.15, -0.1) is 0 Å².